The molecule has 0 saturated heterocycles. The smallest absolute Gasteiger partial charge is 0.252 e. The van der Waals surface area contributed by atoms with Crippen molar-refractivity contribution >= 4 is 40.2 Å². The number of benzene rings is 3. The van der Waals surface area contributed by atoms with Crippen molar-refractivity contribution in [1.82, 2.24) is 15.2 Å². The maximum atomic E-state index is 13.2. The number of fused-ring (bicyclic) bond motifs is 1. The number of pyridine rings is 1. The van der Waals surface area contributed by atoms with Gasteiger partial charge in [0.05, 0.1) is 11.1 Å². The van der Waals surface area contributed by atoms with E-state index in [1.807, 2.05) is 54.6 Å². The van der Waals surface area contributed by atoms with E-state index in [4.69, 9.17) is 16.6 Å². The van der Waals surface area contributed by atoms with Crippen molar-refractivity contribution in [2.75, 3.05) is 19.6 Å². The largest absolute Gasteiger partial charge is 0.352 e. The van der Waals surface area contributed by atoms with E-state index in [2.05, 4.69) is 47.5 Å². The molecule has 0 unspecified atom stereocenters. The second-order valence-corrected chi connectivity index (χ2v) is 10.3. The lowest BCUT2D eigenvalue weighted by atomic mass is 10.1. The van der Waals surface area contributed by atoms with Gasteiger partial charge in [-0.3, -0.25) is 9.69 Å². The average molecular weight is 518 g/mol. The lowest BCUT2D eigenvalue weighted by molar-refractivity contribution is 0.0952. The first-order chi connectivity index (χ1) is 17.6. The number of nitrogens with one attached hydrogen (secondary N) is 1. The summed E-state index contributed by atoms with van der Waals surface area (Å²) in [6, 6.07) is 27.9. The van der Waals surface area contributed by atoms with Crippen LogP contribution in [0.15, 0.2) is 94.9 Å². The number of nitrogens with zero attached hydrogens (tertiary/aromatic N) is 2. The molecule has 1 aromatic heterocycles. The molecule has 4 nitrogen and oxygen atoms in total. The van der Waals surface area contributed by atoms with Gasteiger partial charge in [0.1, 0.15) is 5.03 Å². The van der Waals surface area contributed by atoms with Crippen LogP contribution in [0.25, 0.3) is 10.9 Å². The third kappa shape index (κ3) is 7.57. The molecule has 0 atom stereocenters. The van der Waals surface area contributed by atoms with Gasteiger partial charge in [0.15, 0.2) is 0 Å². The molecule has 1 N–H and O–H groups in total. The third-order valence-electron chi connectivity index (χ3n) is 5.97. The monoisotopic (exact) mass is 517 g/mol. The summed E-state index contributed by atoms with van der Waals surface area (Å²) >= 11 is 7.66. The van der Waals surface area contributed by atoms with Crippen LogP contribution in [-0.2, 0) is 6.54 Å². The van der Waals surface area contributed by atoms with Crippen LogP contribution in [0.4, 0.5) is 0 Å². The molecule has 0 fully saturated rings. The highest BCUT2D eigenvalue weighted by Gasteiger charge is 2.14. The van der Waals surface area contributed by atoms with E-state index in [-0.39, 0.29) is 5.91 Å². The first-order valence-electron chi connectivity index (χ1n) is 12.5. The van der Waals surface area contributed by atoms with Crippen LogP contribution in [0, 0.1) is 0 Å². The predicted octanol–water partition coefficient (Wildman–Crippen LogP) is 7.46. The number of halogens is 1. The maximum Gasteiger partial charge on any atom is 0.252 e. The third-order valence-corrected chi connectivity index (χ3v) is 7.11. The number of hydrogen-bond acceptors (Lipinski definition) is 4. The molecule has 3 aromatic carbocycles. The summed E-state index contributed by atoms with van der Waals surface area (Å²) in [6.45, 7) is 5.80. The standard InChI is InChI=1S/C30H32ClN3OS/c1-2-3-18-34(22-23-11-5-4-6-12-23)19-10-17-32-30(35)27-21-29(33-28-16-8-7-15-26(27)28)36-25-14-9-13-24(31)20-25/h4-9,11-16,20-21H,2-3,10,17-19,22H2,1H3,(H,32,35). The van der Waals surface area contributed by atoms with Crippen molar-refractivity contribution < 1.29 is 4.79 Å². The van der Waals surface area contributed by atoms with Gasteiger partial charge in [0.25, 0.3) is 5.91 Å². The van der Waals surface area contributed by atoms with Crippen LogP contribution in [0.1, 0.15) is 42.1 Å². The van der Waals surface area contributed by atoms with Gasteiger partial charge in [-0.1, -0.05) is 91.3 Å². The SMILES string of the molecule is CCCCN(CCCNC(=O)c1cc(Sc2cccc(Cl)c2)nc2ccccc12)Cc1ccccc1. The number of carbonyl (C=O) groups is 1. The summed E-state index contributed by atoms with van der Waals surface area (Å²) in [5.41, 5.74) is 2.78. The number of carbonyl (C=O) groups excluding carboxylic acids is 1. The molecule has 6 heteroatoms. The molecule has 0 aliphatic rings. The minimum Gasteiger partial charge on any atom is -0.352 e. The molecule has 1 heterocycles. The molecule has 186 valence electrons. The highest BCUT2D eigenvalue weighted by Crippen LogP contribution is 2.31. The summed E-state index contributed by atoms with van der Waals surface area (Å²) in [5, 5.41) is 5.46. The van der Waals surface area contributed by atoms with Gasteiger partial charge >= 0.3 is 0 Å². The fourth-order valence-electron chi connectivity index (χ4n) is 4.14. The number of rotatable bonds is 12. The molecule has 0 aliphatic heterocycles. The summed E-state index contributed by atoms with van der Waals surface area (Å²) in [5.74, 6) is -0.0651. The van der Waals surface area contributed by atoms with Gasteiger partial charge in [0, 0.05) is 34.9 Å². The first kappa shape index (κ1) is 26.2. The Morgan fingerprint density at radius 1 is 0.944 bits per heavy atom. The molecule has 0 saturated carbocycles. The number of unbranched alkanes of at least 4 members (excludes halogenated alkanes) is 1. The van der Waals surface area contributed by atoms with Crippen molar-refractivity contribution in [3.05, 3.63) is 101 Å². The van der Waals surface area contributed by atoms with Crippen LogP contribution in [0.2, 0.25) is 5.02 Å². The molecule has 0 radical (unpaired) electrons. The normalized spacial score (nSPS) is 11.2. The summed E-state index contributed by atoms with van der Waals surface area (Å²) in [6.07, 6.45) is 3.25. The highest BCUT2D eigenvalue weighted by molar-refractivity contribution is 7.99. The van der Waals surface area contributed by atoms with Crippen LogP contribution >= 0.6 is 23.4 Å². The summed E-state index contributed by atoms with van der Waals surface area (Å²) in [7, 11) is 0. The second-order valence-electron chi connectivity index (χ2n) is 8.81. The van der Waals surface area contributed by atoms with Crippen molar-refractivity contribution in [2.45, 2.75) is 42.7 Å². The Kier molecular flexibility index (Phi) is 9.79. The number of para-hydroxylation sites is 1. The lowest BCUT2D eigenvalue weighted by Crippen LogP contribution is -2.30. The van der Waals surface area contributed by atoms with Crippen LogP contribution in [0.5, 0.6) is 0 Å². The Morgan fingerprint density at radius 2 is 1.72 bits per heavy atom. The molecule has 0 aliphatic carbocycles. The van der Waals surface area contributed by atoms with E-state index < -0.39 is 0 Å². The predicted molar refractivity (Wildman–Crippen MR) is 151 cm³/mol. The fourth-order valence-corrected chi connectivity index (χ4v) is 5.29. The molecule has 4 aromatic rings. The van der Waals surface area contributed by atoms with E-state index in [1.165, 1.54) is 30.2 Å². The maximum absolute atomic E-state index is 13.2. The van der Waals surface area contributed by atoms with Crippen molar-refractivity contribution in [3.8, 4) is 0 Å². The average Bonchev–Trinajstić information content (AvgIpc) is 2.89. The quantitative estimate of drug-likeness (QED) is 0.198. The van der Waals surface area contributed by atoms with Gasteiger partial charge in [-0.25, -0.2) is 4.98 Å². The fraction of sp³-hybridized carbons (Fsp3) is 0.267. The topological polar surface area (TPSA) is 45.2 Å². The van der Waals surface area contributed by atoms with Gasteiger partial charge in [-0.2, -0.15) is 0 Å². The first-order valence-corrected chi connectivity index (χ1v) is 13.7. The van der Waals surface area contributed by atoms with E-state index in [1.54, 1.807) is 0 Å². The van der Waals surface area contributed by atoms with Gasteiger partial charge in [-0.05, 0) is 55.3 Å². The minimum absolute atomic E-state index is 0.0651. The zero-order chi connectivity index (χ0) is 25.2. The van der Waals surface area contributed by atoms with E-state index in [9.17, 15) is 4.79 Å². The van der Waals surface area contributed by atoms with E-state index >= 15 is 0 Å². The molecule has 36 heavy (non-hydrogen) atoms. The second kappa shape index (κ2) is 13.4. The number of aromatic nitrogens is 1. The zero-order valence-corrected chi connectivity index (χ0v) is 22.2. The lowest BCUT2D eigenvalue weighted by Gasteiger charge is -2.22. The molecule has 4 rings (SSSR count). The molecule has 0 spiro atoms. The number of amides is 1. The Morgan fingerprint density at radius 3 is 2.53 bits per heavy atom. The zero-order valence-electron chi connectivity index (χ0n) is 20.6. The Hall–Kier alpha value is -2.86. The number of hydrogen-bond donors (Lipinski definition) is 1. The van der Waals surface area contributed by atoms with Crippen molar-refractivity contribution in [1.29, 1.82) is 0 Å². The van der Waals surface area contributed by atoms with Gasteiger partial charge < -0.3 is 5.32 Å². The molecule has 1 amide bonds. The summed E-state index contributed by atoms with van der Waals surface area (Å²) < 4.78 is 0. The molecular weight excluding hydrogens is 486 g/mol. The van der Waals surface area contributed by atoms with Gasteiger partial charge in [-0.15, -0.1) is 0 Å². The van der Waals surface area contributed by atoms with Crippen LogP contribution < -0.4 is 5.32 Å². The summed E-state index contributed by atoms with van der Waals surface area (Å²) in [4.78, 5) is 21.5. The van der Waals surface area contributed by atoms with E-state index in [0.29, 0.717) is 17.1 Å². The van der Waals surface area contributed by atoms with Crippen molar-refractivity contribution in [2.24, 2.45) is 0 Å². The van der Waals surface area contributed by atoms with Crippen LogP contribution in [0.3, 0.4) is 0 Å². The molecular formula is C30H32ClN3OS. The van der Waals surface area contributed by atoms with E-state index in [0.717, 1.165) is 46.9 Å². The Labute approximate surface area is 223 Å². The van der Waals surface area contributed by atoms with Crippen LogP contribution in [-0.4, -0.2) is 35.4 Å². The minimum atomic E-state index is -0.0651. The highest BCUT2D eigenvalue weighted by atomic mass is 35.5. The van der Waals surface area contributed by atoms with Crippen molar-refractivity contribution in [3.63, 3.8) is 0 Å². The Balaban J connectivity index is 1.40. The van der Waals surface area contributed by atoms with Gasteiger partial charge in [0.2, 0.25) is 0 Å². The molecule has 0 bridgehead atoms. The Bertz CT molecular complexity index is 1280.